The summed E-state index contributed by atoms with van der Waals surface area (Å²) in [6.07, 6.45) is -4.74. The molecule has 4 nitrogen and oxygen atoms in total. The molecule has 3 N–H and O–H groups in total. The van der Waals surface area contributed by atoms with E-state index in [0.29, 0.717) is 26.2 Å². The molecule has 110 valence electrons. The largest absolute Gasteiger partial charge is 0.416 e. The fourth-order valence-corrected chi connectivity index (χ4v) is 2.09. The van der Waals surface area contributed by atoms with E-state index in [9.17, 15) is 13.2 Å². The second kappa shape index (κ2) is 5.80. The zero-order valence-corrected chi connectivity index (χ0v) is 10.8. The van der Waals surface area contributed by atoms with Crippen molar-refractivity contribution in [1.82, 2.24) is 4.90 Å². The van der Waals surface area contributed by atoms with Crippen molar-refractivity contribution in [2.24, 2.45) is 5.73 Å². The van der Waals surface area contributed by atoms with Crippen LogP contribution in [0.25, 0.3) is 0 Å². The number of hydrogen-bond acceptors (Lipinski definition) is 3. The van der Waals surface area contributed by atoms with Gasteiger partial charge < -0.3 is 10.5 Å². The van der Waals surface area contributed by atoms with E-state index in [1.165, 1.54) is 12.1 Å². The average Bonchev–Trinajstić information content (AvgIpc) is 2.38. The van der Waals surface area contributed by atoms with Gasteiger partial charge in [-0.25, -0.2) is 0 Å². The lowest BCUT2D eigenvalue weighted by Crippen LogP contribution is -2.47. The number of nitrogens with two attached hydrogens (primary N) is 1. The molecule has 0 amide bonds. The second-order valence-corrected chi connectivity index (χ2v) is 4.74. The molecule has 0 aromatic heterocycles. The van der Waals surface area contributed by atoms with E-state index in [4.69, 9.17) is 15.9 Å². The van der Waals surface area contributed by atoms with Gasteiger partial charge in [0.05, 0.1) is 12.2 Å². The molecule has 20 heavy (non-hydrogen) atoms. The highest BCUT2D eigenvalue weighted by molar-refractivity contribution is 5.82. The molecule has 1 aromatic carbocycles. The zero-order chi connectivity index (χ0) is 14.8. The van der Waals surface area contributed by atoms with Gasteiger partial charge in [0, 0.05) is 19.6 Å². The number of halogens is 3. The van der Waals surface area contributed by atoms with E-state index < -0.39 is 17.8 Å². The molecule has 1 aromatic rings. The van der Waals surface area contributed by atoms with Crippen LogP contribution in [0.5, 0.6) is 0 Å². The number of rotatable bonds is 3. The van der Waals surface area contributed by atoms with Crippen molar-refractivity contribution in [3.05, 3.63) is 35.4 Å². The molecule has 1 heterocycles. The number of amidine groups is 1. The molecule has 7 heteroatoms. The first-order chi connectivity index (χ1) is 9.36. The first-order valence-corrected chi connectivity index (χ1v) is 6.20. The van der Waals surface area contributed by atoms with Gasteiger partial charge in [-0.1, -0.05) is 12.1 Å². The summed E-state index contributed by atoms with van der Waals surface area (Å²) in [7, 11) is 0. The highest BCUT2D eigenvalue weighted by atomic mass is 19.4. The molecule has 1 aliphatic heterocycles. The maximum atomic E-state index is 12.5. The zero-order valence-electron chi connectivity index (χ0n) is 10.8. The van der Waals surface area contributed by atoms with Gasteiger partial charge in [-0.15, -0.1) is 0 Å². The van der Waals surface area contributed by atoms with Crippen molar-refractivity contribution in [2.75, 3.05) is 19.7 Å². The number of nitrogens with zero attached hydrogens (tertiary/aromatic N) is 1. The molecule has 1 aliphatic rings. The quantitative estimate of drug-likeness (QED) is 0.658. The summed E-state index contributed by atoms with van der Waals surface area (Å²) < 4.78 is 42.7. The van der Waals surface area contributed by atoms with Gasteiger partial charge >= 0.3 is 6.18 Å². The number of benzene rings is 1. The van der Waals surface area contributed by atoms with Crippen LogP contribution < -0.4 is 5.73 Å². The Hall–Kier alpha value is -1.60. The van der Waals surface area contributed by atoms with E-state index in [0.717, 1.165) is 17.7 Å². The third-order valence-electron chi connectivity index (χ3n) is 3.18. The Morgan fingerprint density at radius 1 is 1.35 bits per heavy atom. The number of morpholine rings is 1. The molecule has 0 radical (unpaired) electrons. The number of hydrogen-bond donors (Lipinski definition) is 2. The van der Waals surface area contributed by atoms with E-state index in [2.05, 4.69) is 0 Å². The van der Waals surface area contributed by atoms with Crippen molar-refractivity contribution in [3.8, 4) is 0 Å². The van der Waals surface area contributed by atoms with Gasteiger partial charge in [0.1, 0.15) is 11.9 Å². The Bertz CT molecular complexity index is 473. The topological polar surface area (TPSA) is 62.3 Å². The van der Waals surface area contributed by atoms with Crippen LogP contribution in [0.1, 0.15) is 11.1 Å². The standard InChI is InChI=1S/C13H16F3N3O/c14-13(15,16)10-3-1-9(2-4-10)7-19-5-6-20-11(8-19)12(17)18/h1-4,11H,5-8H2,(H3,17,18). The molecule has 0 saturated carbocycles. The molecule has 0 aliphatic carbocycles. The number of ether oxygens (including phenoxy) is 1. The minimum atomic E-state index is -4.31. The van der Waals surface area contributed by atoms with Crippen LogP contribution in [-0.4, -0.2) is 36.5 Å². The summed E-state index contributed by atoms with van der Waals surface area (Å²) >= 11 is 0. The first kappa shape index (κ1) is 14.8. The van der Waals surface area contributed by atoms with Gasteiger partial charge in [0.15, 0.2) is 0 Å². The van der Waals surface area contributed by atoms with Gasteiger partial charge in [-0.05, 0) is 17.7 Å². The van der Waals surface area contributed by atoms with Gasteiger partial charge in [0.2, 0.25) is 0 Å². The van der Waals surface area contributed by atoms with Crippen LogP contribution in [0.4, 0.5) is 13.2 Å². The van der Waals surface area contributed by atoms with Crippen LogP contribution in [0.3, 0.4) is 0 Å². The van der Waals surface area contributed by atoms with E-state index in [1.807, 2.05) is 4.90 Å². The Morgan fingerprint density at radius 3 is 2.55 bits per heavy atom. The minimum absolute atomic E-state index is 0.0258. The van der Waals surface area contributed by atoms with Crippen LogP contribution >= 0.6 is 0 Å². The molecule has 0 bridgehead atoms. The van der Waals surface area contributed by atoms with Crippen molar-refractivity contribution in [3.63, 3.8) is 0 Å². The summed E-state index contributed by atoms with van der Waals surface area (Å²) in [5.74, 6) is -0.0258. The van der Waals surface area contributed by atoms with Crippen molar-refractivity contribution < 1.29 is 17.9 Å². The third kappa shape index (κ3) is 3.71. The van der Waals surface area contributed by atoms with Crippen molar-refractivity contribution in [1.29, 1.82) is 5.41 Å². The lowest BCUT2D eigenvalue weighted by Gasteiger charge is -2.32. The summed E-state index contributed by atoms with van der Waals surface area (Å²) in [6.45, 7) is 2.14. The molecule has 2 rings (SSSR count). The smallest absolute Gasteiger partial charge is 0.385 e. The molecule has 1 fully saturated rings. The van der Waals surface area contributed by atoms with Crippen LogP contribution in [-0.2, 0) is 17.5 Å². The van der Waals surface area contributed by atoms with Crippen molar-refractivity contribution in [2.45, 2.75) is 18.8 Å². The Kier molecular flexibility index (Phi) is 4.29. The normalized spacial score (nSPS) is 20.9. The molecule has 1 saturated heterocycles. The molecule has 1 atom stereocenters. The molecular weight excluding hydrogens is 271 g/mol. The lowest BCUT2D eigenvalue weighted by atomic mass is 10.1. The summed E-state index contributed by atoms with van der Waals surface area (Å²) in [5, 5.41) is 7.36. The summed E-state index contributed by atoms with van der Waals surface area (Å²) in [6, 6.07) is 5.11. The fraction of sp³-hybridized carbons (Fsp3) is 0.462. The SMILES string of the molecule is N=C(N)C1CN(Cc2ccc(C(F)(F)F)cc2)CCO1. The predicted octanol–water partition coefficient (Wildman–Crippen LogP) is 1.84. The van der Waals surface area contributed by atoms with Crippen LogP contribution in [0.15, 0.2) is 24.3 Å². The van der Waals surface area contributed by atoms with E-state index in [-0.39, 0.29) is 5.84 Å². The van der Waals surface area contributed by atoms with E-state index in [1.54, 1.807) is 0 Å². The third-order valence-corrected chi connectivity index (χ3v) is 3.18. The fourth-order valence-electron chi connectivity index (χ4n) is 2.09. The monoisotopic (exact) mass is 287 g/mol. The van der Waals surface area contributed by atoms with Gasteiger partial charge in [-0.3, -0.25) is 10.3 Å². The maximum absolute atomic E-state index is 12.5. The number of nitrogens with one attached hydrogen (secondary N) is 1. The predicted molar refractivity (Wildman–Crippen MR) is 68.4 cm³/mol. The van der Waals surface area contributed by atoms with Crippen molar-refractivity contribution >= 4 is 5.84 Å². The molecular formula is C13H16F3N3O. The summed E-state index contributed by atoms with van der Waals surface area (Å²) in [5.41, 5.74) is 5.54. The highest BCUT2D eigenvalue weighted by Gasteiger charge is 2.30. The van der Waals surface area contributed by atoms with Crippen LogP contribution in [0.2, 0.25) is 0 Å². The maximum Gasteiger partial charge on any atom is 0.416 e. The van der Waals surface area contributed by atoms with E-state index >= 15 is 0 Å². The van der Waals surface area contributed by atoms with Gasteiger partial charge in [-0.2, -0.15) is 13.2 Å². The summed E-state index contributed by atoms with van der Waals surface area (Å²) in [4.78, 5) is 2.01. The minimum Gasteiger partial charge on any atom is -0.385 e. The van der Waals surface area contributed by atoms with Gasteiger partial charge in [0.25, 0.3) is 0 Å². The first-order valence-electron chi connectivity index (χ1n) is 6.20. The average molecular weight is 287 g/mol. The Morgan fingerprint density at radius 2 is 2.00 bits per heavy atom. The number of alkyl halides is 3. The Balaban J connectivity index is 1.98. The lowest BCUT2D eigenvalue weighted by molar-refractivity contribution is -0.137. The Labute approximate surface area is 114 Å². The second-order valence-electron chi connectivity index (χ2n) is 4.74. The molecule has 1 unspecified atom stereocenters. The highest BCUT2D eigenvalue weighted by Crippen LogP contribution is 2.29. The van der Waals surface area contributed by atoms with Crippen LogP contribution in [0, 0.1) is 5.41 Å². The molecule has 0 spiro atoms.